The molecule has 0 fully saturated rings. The Hall–Kier alpha value is -0.830. The topological polar surface area (TPSA) is 31.6 Å². The monoisotopic (exact) mass is 154 g/mol. The first-order chi connectivity index (χ1) is 4.80. The Morgan fingerprint density at radius 1 is 1.40 bits per heavy atom. The van der Waals surface area contributed by atoms with Crippen LogP contribution in [0.5, 0.6) is 0 Å². The van der Waals surface area contributed by atoms with Crippen molar-refractivity contribution in [2.45, 2.75) is 11.8 Å². The molecule has 0 aliphatic carbocycles. The zero-order chi connectivity index (χ0) is 7.40. The maximum absolute atomic E-state index is 4.23. The predicted molar refractivity (Wildman–Crippen MR) is 44.8 cm³/mol. The van der Waals surface area contributed by atoms with Crippen molar-refractivity contribution in [3.8, 4) is 0 Å². The molecule has 0 amide bonds. The number of thiol groups is 1. The van der Waals surface area contributed by atoms with Crippen LogP contribution >= 0.6 is 12.6 Å². The molecule has 10 heavy (non-hydrogen) atoms. The van der Waals surface area contributed by atoms with Gasteiger partial charge in [-0.05, 0) is 18.6 Å². The van der Waals surface area contributed by atoms with E-state index < -0.39 is 0 Å². The second-order valence-corrected chi connectivity index (χ2v) is 2.51. The average Bonchev–Trinajstić information content (AvgIpc) is 1.92. The molecule has 0 saturated carbocycles. The highest BCUT2D eigenvalue weighted by Crippen LogP contribution is 2.06. The standard InChI is InChI=1S/C7H10N2S/c1-6-3-2-4-8-9-5-7(6)10/h2-5,8-10H,1H3. The summed E-state index contributed by atoms with van der Waals surface area (Å²) in [6, 6.07) is 3.91. The van der Waals surface area contributed by atoms with E-state index >= 15 is 0 Å². The van der Waals surface area contributed by atoms with Gasteiger partial charge in [0, 0.05) is 17.3 Å². The van der Waals surface area contributed by atoms with E-state index in [1.165, 1.54) is 0 Å². The third kappa shape index (κ3) is 1.84. The zero-order valence-corrected chi connectivity index (χ0v) is 6.65. The van der Waals surface area contributed by atoms with Crippen LogP contribution in [0.25, 0.3) is 0 Å². The van der Waals surface area contributed by atoms with Gasteiger partial charge in [0.1, 0.15) is 0 Å². The highest BCUT2D eigenvalue weighted by molar-refractivity contribution is 7.80. The van der Waals surface area contributed by atoms with Crippen LogP contribution in [0.15, 0.2) is 29.4 Å². The van der Waals surface area contributed by atoms with Crippen LogP contribution in [0.1, 0.15) is 5.56 Å². The van der Waals surface area contributed by atoms with Gasteiger partial charge in [0.2, 0.25) is 0 Å². The van der Waals surface area contributed by atoms with E-state index in [2.05, 4.69) is 22.8 Å². The summed E-state index contributed by atoms with van der Waals surface area (Å²) in [7, 11) is 0. The second-order valence-electron chi connectivity index (χ2n) is 2.03. The molecule has 3 heteroatoms. The van der Waals surface area contributed by atoms with Gasteiger partial charge in [0.05, 0.1) is 0 Å². The van der Waals surface area contributed by atoms with Crippen molar-refractivity contribution in [1.29, 1.82) is 0 Å². The Labute approximate surface area is 65.4 Å². The van der Waals surface area contributed by atoms with Gasteiger partial charge < -0.3 is 10.2 Å². The molecule has 0 bridgehead atoms. The van der Waals surface area contributed by atoms with Crippen molar-refractivity contribution >= 4 is 12.6 Å². The molecule has 2 N–H and O–H groups in total. The molecular formula is C7H10N2S. The molecule has 2 nitrogen and oxygen atoms in total. The lowest BCUT2D eigenvalue weighted by Gasteiger charge is -1.91. The fraction of sp³-hybridized carbons (Fsp3) is 0.143. The van der Waals surface area contributed by atoms with Crippen LogP contribution < -0.4 is 0 Å². The predicted octanol–water partition coefficient (Wildman–Crippen LogP) is 2.06. The number of H-pyrrole nitrogens is 2. The van der Waals surface area contributed by atoms with Crippen LogP contribution in [0.3, 0.4) is 0 Å². The summed E-state index contributed by atoms with van der Waals surface area (Å²) >= 11 is 4.23. The van der Waals surface area contributed by atoms with E-state index in [0.717, 1.165) is 10.5 Å². The summed E-state index contributed by atoms with van der Waals surface area (Å²) in [6.45, 7) is 2.01. The van der Waals surface area contributed by atoms with Crippen LogP contribution in [0, 0.1) is 6.92 Å². The van der Waals surface area contributed by atoms with E-state index in [4.69, 9.17) is 0 Å². The van der Waals surface area contributed by atoms with Crippen molar-refractivity contribution in [2.24, 2.45) is 0 Å². The normalized spacial score (nSPS) is 9.00. The van der Waals surface area contributed by atoms with Crippen LogP contribution in [0.4, 0.5) is 0 Å². The molecule has 0 unspecified atom stereocenters. The summed E-state index contributed by atoms with van der Waals surface area (Å²) in [5, 5.41) is 5.69. The maximum atomic E-state index is 4.23. The molecule has 54 valence electrons. The minimum absolute atomic E-state index is 0.942. The first-order valence-electron chi connectivity index (χ1n) is 3.04. The van der Waals surface area contributed by atoms with Gasteiger partial charge in [0.25, 0.3) is 0 Å². The molecule has 0 spiro atoms. The van der Waals surface area contributed by atoms with Crippen molar-refractivity contribution in [3.05, 3.63) is 30.1 Å². The van der Waals surface area contributed by atoms with Crippen LogP contribution in [-0.4, -0.2) is 10.2 Å². The fourth-order valence-electron chi connectivity index (χ4n) is 0.598. The molecule has 0 aliphatic heterocycles. The average molecular weight is 154 g/mol. The number of aromatic nitrogens is 2. The van der Waals surface area contributed by atoms with Gasteiger partial charge in [0.15, 0.2) is 0 Å². The summed E-state index contributed by atoms with van der Waals surface area (Å²) in [4.78, 5) is 0.942. The number of aromatic amines is 2. The Kier molecular flexibility index (Phi) is 2.45. The van der Waals surface area contributed by atoms with Crippen molar-refractivity contribution in [1.82, 2.24) is 10.2 Å². The molecule has 1 aromatic rings. The molecule has 0 radical (unpaired) electrons. The second kappa shape index (κ2) is 3.37. The van der Waals surface area contributed by atoms with E-state index in [1.54, 1.807) is 6.20 Å². The Morgan fingerprint density at radius 2 is 2.20 bits per heavy atom. The first-order valence-corrected chi connectivity index (χ1v) is 3.49. The van der Waals surface area contributed by atoms with Gasteiger partial charge in [-0.1, -0.05) is 6.07 Å². The van der Waals surface area contributed by atoms with E-state index in [1.807, 2.05) is 25.3 Å². The van der Waals surface area contributed by atoms with Crippen molar-refractivity contribution in [2.75, 3.05) is 0 Å². The van der Waals surface area contributed by atoms with Crippen molar-refractivity contribution in [3.63, 3.8) is 0 Å². The molecule has 1 rings (SSSR count). The third-order valence-electron chi connectivity index (χ3n) is 1.22. The van der Waals surface area contributed by atoms with Crippen molar-refractivity contribution < 1.29 is 0 Å². The molecule has 0 aliphatic rings. The summed E-state index contributed by atoms with van der Waals surface area (Å²) in [5.74, 6) is 0. The van der Waals surface area contributed by atoms with Crippen LogP contribution in [-0.2, 0) is 0 Å². The highest BCUT2D eigenvalue weighted by Gasteiger charge is 1.83. The lowest BCUT2D eigenvalue weighted by atomic mass is 10.3. The summed E-state index contributed by atoms with van der Waals surface area (Å²) in [6.07, 6.45) is 3.62. The highest BCUT2D eigenvalue weighted by atomic mass is 32.1. The summed E-state index contributed by atoms with van der Waals surface area (Å²) < 4.78 is 0. The van der Waals surface area contributed by atoms with E-state index in [0.29, 0.717) is 0 Å². The SMILES string of the molecule is Cc1ccc[nH][nH]cc1S. The largest absolute Gasteiger partial charge is 0.309 e. The number of nitrogens with one attached hydrogen (secondary N) is 2. The lowest BCUT2D eigenvalue weighted by molar-refractivity contribution is 1.01. The molecule has 1 aromatic heterocycles. The molecular weight excluding hydrogens is 144 g/mol. The van der Waals surface area contributed by atoms with E-state index in [9.17, 15) is 0 Å². The smallest absolute Gasteiger partial charge is 0.0314 e. The maximum Gasteiger partial charge on any atom is 0.0314 e. The molecule has 0 saturated heterocycles. The van der Waals surface area contributed by atoms with Gasteiger partial charge in [-0.2, -0.15) is 0 Å². The minimum Gasteiger partial charge on any atom is -0.309 e. The molecule has 0 aromatic carbocycles. The molecule has 1 heterocycles. The fourth-order valence-corrected chi connectivity index (χ4v) is 0.737. The molecule has 0 atom stereocenters. The minimum atomic E-state index is 0.942. The Balaban J connectivity index is 3.22. The zero-order valence-electron chi connectivity index (χ0n) is 5.76. The third-order valence-corrected chi connectivity index (χ3v) is 1.70. The number of hydrogen-bond donors (Lipinski definition) is 3. The summed E-state index contributed by atoms with van der Waals surface area (Å²) in [5.41, 5.74) is 1.15. The van der Waals surface area contributed by atoms with Gasteiger partial charge in [-0.3, -0.25) is 0 Å². The van der Waals surface area contributed by atoms with E-state index in [-0.39, 0.29) is 0 Å². The number of aryl methyl sites for hydroxylation is 1. The number of hydrogen-bond acceptors (Lipinski definition) is 1. The number of rotatable bonds is 0. The Bertz CT molecular complexity index is 222. The Morgan fingerprint density at radius 3 is 3.00 bits per heavy atom. The van der Waals surface area contributed by atoms with Crippen LogP contribution in [0.2, 0.25) is 0 Å². The van der Waals surface area contributed by atoms with Gasteiger partial charge in [-0.25, -0.2) is 0 Å². The van der Waals surface area contributed by atoms with Gasteiger partial charge >= 0.3 is 0 Å². The van der Waals surface area contributed by atoms with Gasteiger partial charge in [-0.15, -0.1) is 12.6 Å². The lowest BCUT2D eigenvalue weighted by Crippen LogP contribution is -1.76. The first kappa shape index (κ1) is 7.28. The quantitative estimate of drug-likeness (QED) is 0.478.